The van der Waals surface area contributed by atoms with Crippen LogP contribution < -0.4 is 19.6 Å². The first-order chi connectivity index (χ1) is 19.9. The van der Waals surface area contributed by atoms with Gasteiger partial charge in [-0.3, -0.25) is 14.5 Å². The van der Waals surface area contributed by atoms with Crippen LogP contribution in [0.2, 0.25) is 0 Å². The van der Waals surface area contributed by atoms with Crippen molar-refractivity contribution >= 4 is 16.7 Å². The van der Waals surface area contributed by atoms with Crippen LogP contribution in [0.15, 0.2) is 63.8 Å². The first-order valence-corrected chi connectivity index (χ1v) is 13.3. The van der Waals surface area contributed by atoms with Crippen LogP contribution >= 0.6 is 0 Å². The predicted molar refractivity (Wildman–Crippen MR) is 153 cm³/mol. The summed E-state index contributed by atoms with van der Waals surface area (Å²) in [5, 5.41) is 12.6. The number of methoxy groups -OCH3 is 4. The quantitative estimate of drug-likeness (QED) is 0.290. The van der Waals surface area contributed by atoms with Crippen LogP contribution in [-0.2, 0) is 29.0 Å². The Kier molecular flexibility index (Phi) is 8.16. The van der Waals surface area contributed by atoms with Gasteiger partial charge in [-0.15, -0.1) is 0 Å². The Hall–Kier alpha value is -4.50. The van der Waals surface area contributed by atoms with E-state index >= 15 is 0 Å². The van der Waals surface area contributed by atoms with Gasteiger partial charge in [-0.2, -0.15) is 0 Å². The maximum atomic E-state index is 13.0. The molecule has 3 aromatic carbocycles. The highest BCUT2D eigenvalue weighted by Crippen LogP contribution is 2.40. The average molecular weight is 560 g/mol. The van der Waals surface area contributed by atoms with Crippen LogP contribution in [-0.4, -0.2) is 51.0 Å². The van der Waals surface area contributed by atoms with Crippen LogP contribution in [0.3, 0.4) is 0 Å². The van der Waals surface area contributed by atoms with Crippen molar-refractivity contribution in [2.24, 2.45) is 0 Å². The second-order valence-electron chi connectivity index (χ2n) is 9.96. The fourth-order valence-corrected chi connectivity index (χ4v) is 5.54. The van der Waals surface area contributed by atoms with Gasteiger partial charge in [-0.1, -0.05) is 30.3 Å². The van der Waals surface area contributed by atoms with Crippen molar-refractivity contribution in [2.75, 3.05) is 35.0 Å². The van der Waals surface area contributed by atoms with Crippen molar-refractivity contribution in [1.82, 2.24) is 4.90 Å². The summed E-state index contributed by atoms with van der Waals surface area (Å²) in [6.45, 7) is 1.69. The summed E-state index contributed by atoms with van der Waals surface area (Å²) in [7, 11) is 6.12. The first kappa shape index (κ1) is 28.0. The summed E-state index contributed by atoms with van der Waals surface area (Å²) in [5.74, 6) is 0.629. The second-order valence-corrected chi connectivity index (χ2v) is 9.96. The normalized spacial score (nSPS) is 13.9. The number of carbonyl (C=O) groups is 1. The SMILES string of the molecule is COC(=O)CC(c1oc(CN2CCc3cc(OC)c(OC)cc3C2)cc(=O)c1O)c1ccc(OC)c2ccccc12. The third kappa shape index (κ3) is 5.58. The Labute approximate surface area is 237 Å². The summed E-state index contributed by atoms with van der Waals surface area (Å²) in [5.41, 5.74) is 2.41. The molecule has 214 valence electrons. The molecule has 1 N–H and O–H groups in total. The molecule has 0 radical (unpaired) electrons. The Morgan fingerprint density at radius 2 is 1.61 bits per heavy atom. The Bertz CT molecular complexity index is 1640. The highest BCUT2D eigenvalue weighted by Gasteiger charge is 2.29. The molecule has 1 unspecified atom stereocenters. The van der Waals surface area contributed by atoms with Gasteiger partial charge in [0.15, 0.2) is 17.3 Å². The average Bonchev–Trinajstić information content (AvgIpc) is 3.00. The number of rotatable bonds is 9. The van der Waals surface area contributed by atoms with E-state index in [1.165, 1.54) is 18.7 Å². The van der Waals surface area contributed by atoms with E-state index in [0.717, 1.165) is 29.3 Å². The highest BCUT2D eigenvalue weighted by molar-refractivity contribution is 5.92. The monoisotopic (exact) mass is 559 g/mol. The smallest absolute Gasteiger partial charge is 0.306 e. The maximum absolute atomic E-state index is 13.0. The number of ether oxygens (including phenoxy) is 4. The predicted octanol–water partition coefficient (Wildman–Crippen LogP) is 4.78. The molecule has 1 aliphatic rings. The lowest BCUT2D eigenvalue weighted by atomic mass is 9.88. The number of fused-ring (bicyclic) bond motifs is 2. The zero-order valence-corrected chi connectivity index (χ0v) is 23.6. The highest BCUT2D eigenvalue weighted by atomic mass is 16.5. The molecule has 0 saturated heterocycles. The van der Waals surface area contributed by atoms with Crippen LogP contribution in [0.25, 0.3) is 10.8 Å². The Morgan fingerprint density at radius 1 is 0.927 bits per heavy atom. The second kappa shape index (κ2) is 11.9. The molecule has 5 rings (SSSR count). The number of benzene rings is 3. The molecule has 41 heavy (non-hydrogen) atoms. The molecular weight excluding hydrogens is 526 g/mol. The van der Waals surface area contributed by atoms with Crippen LogP contribution in [0.5, 0.6) is 23.0 Å². The van der Waals surface area contributed by atoms with E-state index in [1.807, 2.05) is 42.5 Å². The lowest BCUT2D eigenvalue weighted by molar-refractivity contribution is -0.140. The molecule has 0 amide bonds. The molecule has 0 aliphatic carbocycles. The summed E-state index contributed by atoms with van der Waals surface area (Å²) in [4.78, 5) is 27.7. The molecule has 9 heteroatoms. The van der Waals surface area contributed by atoms with Crippen molar-refractivity contribution in [3.05, 3.63) is 93.0 Å². The Morgan fingerprint density at radius 3 is 2.29 bits per heavy atom. The van der Waals surface area contributed by atoms with Crippen molar-refractivity contribution in [2.45, 2.75) is 31.8 Å². The fourth-order valence-electron chi connectivity index (χ4n) is 5.54. The van der Waals surface area contributed by atoms with Gasteiger partial charge >= 0.3 is 5.97 Å². The molecule has 1 aromatic heterocycles. The topological polar surface area (TPSA) is 108 Å². The maximum Gasteiger partial charge on any atom is 0.306 e. The van der Waals surface area contributed by atoms with Crippen LogP contribution in [0.1, 0.15) is 40.5 Å². The zero-order valence-electron chi connectivity index (χ0n) is 23.6. The minimum Gasteiger partial charge on any atom is -0.502 e. The van der Waals surface area contributed by atoms with Gasteiger partial charge in [0.2, 0.25) is 11.2 Å². The number of hydrogen-bond donors (Lipinski definition) is 1. The molecule has 0 fully saturated rings. The van der Waals surface area contributed by atoms with Crippen LogP contribution in [0.4, 0.5) is 0 Å². The van der Waals surface area contributed by atoms with Crippen molar-refractivity contribution in [3.63, 3.8) is 0 Å². The summed E-state index contributed by atoms with van der Waals surface area (Å²) in [6, 6.07) is 16.5. The minimum absolute atomic E-state index is 0.0250. The van der Waals surface area contributed by atoms with E-state index in [0.29, 0.717) is 41.7 Å². The largest absolute Gasteiger partial charge is 0.502 e. The lowest BCUT2D eigenvalue weighted by Gasteiger charge is -2.29. The van der Waals surface area contributed by atoms with E-state index < -0.39 is 23.1 Å². The van der Waals surface area contributed by atoms with E-state index in [9.17, 15) is 14.7 Å². The number of carbonyl (C=O) groups excluding carboxylic acids is 1. The van der Waals surface area contributed by atoms with Crippen molar-refractivity contribution in [3.8, 4) is 23.0 Å². The summed E-state index contributed by atoms with van der Waals surface area (Å²) >= 11 is 0. The van der Waals surface area contributed by atoms with E-state index in [-0.39, 0.29) is 12.2 Å². The summed E-state index contributed by atoms with van der Waals surface area (Å²) < 4.78 is 27.7. The third-order valence-electron chi connectivity index (χ3n) is 7.60. The Balaban J connectivity index is 1.53. The third-order valence-corrected chi connectivity index (χ3v) is 7.60. The number of aromatic hydroxyl groups is 1. The molecule has 1 aliphatic heterocycles. The number of hydrogen-bond acceptors (Lipinski definition) is 9. The molecule has 1 atom stereocenters. The molecule has 0 bridgehead atoms. The van der Waals surface area contributed by atoms with Crippen LogP contribution in [0, 0.1) is 0 Å². The van der Waals surface area contributed by atoms with E-state index in [2.05, 4.69) is 4.90 Å². The van der Waals surface area contributed by atoms with Gasteiger partial charge in [-0.05, 0) is 46.7 Å². The van der Waals surface area contributed by atoms with Gasteiger partial charge in [0, 0.05) is 24.5 Å². The standard InChI is InChI=1S/C32H33NO8/c1-37-27-10-9-23(22-7-5-6-8-24(22)27)25(16-30(35)40-4)32-31(36)26(34)15-21(41-32)18-33-12-11-19-13-28(38-2)29(39-3)14-20(19)17-33/h5-10,13-15,25,36H,11-12,16-18H2,1-4H3. The molecule has 9 nitrogen and oxygen atoms in total. The minimum atomic E-state index is -0.773. The summed E-state index contributed by atoms with van der Waals surface area (Å²) in [6.07, 6.45) is 0.652. The molecule has 2 heterocycles. The molecule has 0 saturated carbocycles. The first-order valence-electron chi connectivity index (χ1n) is 13.3. The van der Waals surface area contributed by atoms with E-state index in [1.54, 1.807) is 27.4 Å². The van der Waals surface area contributed by atoms with Gasteiger partial charge in [0.05, 0.1) is 47.3 Å². The number of nitrogens with zero attached hydrogens (tertiary/aromatic N) is 1. The van der Waals surface area contributed by atoms with Gasteiger partial charge in [0.25, 0.3) is 0 Å². The van der Waals surface area contributed by atoms with Crippen molar-refractivity contribution < 1.29 is 33.3 Å². The van der Waals surface area contributed by atoms with E-state index in [4.69, 9.17) is 23.4 Å². The zero-order chi connectivity index (χ0) is 29.1. The number of esters is 1. The fraction of sp³-hybridized carbons (Fsp3) is 0.312. The van der Waals surface area contributed by atoms with Crippen molar-refractivity contribution in [1.29, 1.82) is 0 Å². The van der Waals surface area contributed by atoms with Gasteiger partial charge in [-0.25, -0.2) is 0 Å². The molecule has 4 aromatic rings. The molecular formula is C32H33NO8. The molecule has 0 spiro atoms. The van der Waals surface area contributed by atoms with Gasteiger partial charge < -0.3 is 28.5 Å². The lowest BCUT2D eigenvalue weighted by Crippen LogP contribution is -2.30. The van der Waals surface area contributed by atoms with Gasteiger partial charge in [0.1, 0.15) is 11.5 Å².